The van der Waals surface area contributed by atoms with Gasteiger partial charge in [0, 0.05) is 36.3 Å². The summed E-state index contributed by atoms with van der Waals surface area (Å²) in [5.41, 5.74) is 2.97. The molecule has 0 atom stereocenters. The van der Waals surface area contributed by atoms with Gasteiger partial charge in [0.25, 0.3) is 11.8 Å². The summed E-state index contributed by atoms with van der Waals surface area (Å²) in [5.74, 6) is 0.0999. The van der Waals surface area contributed by atoms with E-state index in [0.717, 1.165) is 39.3 Å². The van der Waals surface area contributed by atoms with Crippen molar-refractivity contribution in [3.8, 4) is 11.3 Å². The smallest absolute Gasteiger partial charge is 0.262 e. The number of hydrogen-bond acceptors (Lipinski definition) is 6. The second-order valence-corrected chi connectivity index (χ2v) is 10.9. The van der Waals surface area contributed by atoms with Crippen molar-refractivity contribution in [2.24, 2.45) is 5.92 Å². The van der Waals surface area contributed by atoms with Crippen LogP contribution in [0, 0.1) is 5.92 Å². The minimum absolute atomic E-state index is 0.211. The zero-order valence-electron chi connectivity index (χ0n) is 20.8. The number of piperidine rings is 1. The van der Waals surface area contributed by atoms with Crippen LogP contribution >= 0.6 is 27.5 Å². The molecule has 4 aromatic rings. The van der Waals surface area contributed by atoms with E-state index < -0.39 is 11.8 Å². The third kappa shape index (κ3) is 4.79. The topological polar surface area (TPSA) is 99.9 Å². The Morgan fingerprint density at radius 3 is 2.31 bits per heavy atom. The third-order valence-electron chi connectivity index (χ3n) is 7.29. The normalized spacial score (nSPS) is 15.7. The number of imide groups is 1. The van der Waals surface area contributed by atoms with Gasteiger partial charge >= 0.3 is 0 Å². The van der Waals surface area contributed by atoms with Gasteiger partial charge in [0.05, 0.1) is 27.5 Å². The summed E-state index contributed by atoms with van der Waals surface area (Å²) in [6.07, 6.45) is 3.31. The summed E-state index contributed by atoms with van der Waals surface area (Å²) in [5, 5.41) is 8.59. The van der Waals surface area contributed by atoms with Crippen molar-refractivity contribution in [3.05, 3.63) is 81.4 Å². The number of aromatic nitrogens is 3. The molecule has 0 radical (unpaired) electrons. The molecule has 4 heterocycles. The Labute approximate surface area is 237 Å². The molecule has 3 amide bonds. The number of amides is 3. The van der Waals surface area contributed by atoms with E-state index in [9.17, 15) is 14.4 Å². The first-order chi connectivity index (χ1) is 18.9. The van der Waals surface area contributed by atoms with Gasteiger partial charge in [-0.25, -0.2) is 4.98 Å². The van der Waals surface area contributed by atoms with E-state index in [1.54, 1.807) is 39.9 Å². The molecular formula is C28H24BrClN6O3. The number of benzene rings is 2. The van der Waals surface area contributed by atoms with Crippen LogP contribution in [0.15, 0.2) is 65.3 Å². The summed E-state index contributed by atoms with van der Waals surface area (Å²) >= 11 is 9.97. The van der Waals surface area contributed by atoms with Crippen LogP contribution in [0.4, 0.5) is 5.82 Å². The van der Waals surface area contributed by atoms with E-state index in [2.05, 4.69) is 26.3 Å². The number of anilines is 1. The first kappa shape index (κ1) is 25.5. The van der Waals surface area contributed by atoms with E-state index >= 15 is 0 Å². The van der Waals surface area contributed by atoms with Crippen LogP contribution in [-0.2, 0) is 4.79 Å². The van der Waals surface area contributed by atoms with Gasteiger partial charge in [0.2, 0.25) is 5.91 Å². The molecule has 2 aromatic carbocycles. The van der Waals surface area contributed by atoms with E-state index in [1.165, 1.54) is 0 Å². The number of carbonyl (C=O) groups is 3. The number of hydrogen-bond donors (Lipinski definition) is 1. The molecular weight excluding hydrogens is 584 g/mol. The van der Waals surface area contributed by atoms with Gasteiger partial charge in [0.15, 0.2) is 5.65 Å². The predicted molar refractivity (Wildman–Crippen MR) is 151 cm³/mol. The number of nitrogens with one attached hydrogen (secondary N) is 1. The Hall–Kier alpha value is -3.76. The molecule has 9 nitrogen and oxygen atoms in total. The Morgan fingerprint density at radius 2 is 1.64 bits per heavy atom. The third-order valence-corrected chi connectivity index (χ3v) is 8.18. The number of halogens is 2. The lowest BCUT2D eigenvalue weighted by molar-refractivity contribution is -0.132. The molecule has 198 valence electrons. The molecule has 1 saturated heterocycles. The average molecular weight is 608 g/mol. The van der Waals surface area contributed by atoms with Crippen molar-refractivity contribution >= 4 is 56.7 Å². The number of likely N-dealkylation sites (tertiary alicyclic amines) is 1. The highest BCUT2D eigenvalue weighted by atomic mass is 79.9. The molecule has 0 saturated carbocycles. The first-order valence-corrected chi connectivity index (χ1v) is 13.8. The molecule has 0 bridgehead atoms. The monoisotopic (exact) mass is 606 g/mol. The highest BCUT2D eigenvalue weighted by Crippen LogP contribution is 2.31. The van der Waals surface area contributed by atoms with E-state index in [1.807, 2.05) is 30.3 Å². The van der Waals surface area contributed by atoms with Crippen molar-refractivity contribution < 1.29 is 14.4 Å². The standard InChI is InChI=1S/C28H24BrClN6O3/c29-21-15-32-36-24(13-23(33-26(21)36)20-7-3-4-8-22(20)30)31-14-17-9-11-34(12-10-17)25(37)16-35-27(38)18-5-1-2-6-19(18)28(35)39/h1-8,13,15,17,31H,9-12,14,16H2. The minimum atomic E-state index is -0.409. The highest BCUT2D eigenvalue weighted by Gasteiger charge is 2.37. The van der Waals surface area contributed by atoms with Crippen molar-refractivity contribution in [1.82, 2.24) is 24.4 Å². The maximum Gasteiger partial charge on any atom is 0.262 e. The Balaban J connectivity index is 1.09. The average Bonchev–Trinajstić information content (AvgIpc) is 3.45. The predicted octanol–water partition coefficient (Wildman–Crippen LogP) is 4.76. The van der Waals surface area contributed by atoms with Crippen LogP contribution in [0.25, 0.3) is 16.9 Å². The fourth-order valence-corrected chi connectivity index (χ4v) is 5.70. The SMILES string of the molecule is O=C(CN1C(=O)c2ccccc2C1=O)N1CCC(CNc2cc(-c3ccccc3Cl)nc3c(Br)cnn23)CC1. The maximum absolute atomic E-state index is 13.0. The largest absolute Gasteiger partial charge is 0.370 e. The summed E-state index contributed by atoms with van der Waals surface area (Å²) in [4.78, 5) is 45.8. The second kappa shape index (κ2) is 10.4. The second-order valence-electron chi connectivity index (χ2n) is 9.68. The van der Waals surface area contributed by atoms with Crippen molar-refractivity contribution in [2.45, 2.75) is 12.8 Å². The van der Waals surface area contributed by atoms with Gasteiger partial charge in [0.1, 0.15) is 12.4 Å². The lowest BCUT2D eigenvalue weighted by atomic mass is 9.96. The van der Waals surface area contributed by atoms with Crippen LogP contribution < -0.4 is 5.32 Å². The lowest BCUT2D eigenvalue weighted by Crippen LogP contribution is -2.46. The van der Waals surface area contributed by atoms with E-state index in [0.29, 0.717) is 47.3 Å². The van der Waals surface area contributed by atoms with Gasteiger partial charge in [-0.2, -0.15) is 9.61 Å². The molecule has 2 aliphatic rings. The fraction of sp³-hybridized carbons (Fsp3) is 0.250. The molecule has 6 rings (SSSR count). The minimum Gasteiger partial charge on any atom is -0.370 e. The number of carbonyl (C=O) groups excluding carboxylic acids is 3. The zero-order chi connectivity index (χ0) is 27.1. The van der Waals surface area contributed by atoms with Crippen molar-refractivity contribution in [3.63, 3.8) is 0 Å². The van der Waals surface area contributed by atoms with Crippen molar-refractivity contribution in [1.29, 1.82) is 0 Å². The highest BCUT2D eigenvalue weighted by molar-refractivity contribution is 9.10. The molecule has 39 heavy (non-hydrogen) atoms. The zero-order valence-corrected chi connectivity index (χ0v) is 23.2. The Kier molecular flexibility index (Phi) is 6.82. The summed E-state index contributed by atoms with van der Waals surface area (Å²) in [6.45, 7) is 1.60. The van der Waals surface area contributed by atoms with Crippen LogP contribution in [0.2, 0.25) is 5.02 Å². The summed E-state index contributed by atoms with van der Waals surface area (Å²) < 4.78 is 2.54. The van der Waals surface area contributed by atoms with Crippen LogP contribution in [0.5, 0.6) is 0 Å². The molecule has 0 unspecified atom stereocenters. The molecule has 11 heteroatoms. The van der Waals surface area contributed by atoms with Crippen LogP contribution in [-0.4, -0.2) is 68.3 Å². The molecule has 1 N–H and O–H groups in total. The van der Waals surface area contributed by atoms with Gasteiger partial charge in [-0.3, -0.25) is 19.3 Å². The lowest BCUT2D eigenvalue weighted by Gasteiger charge is -2.33. The fourth-order valence-electron chi connectivity index (χ4n) is 5.12. The quantitative estimate of drug-likeness (QED) is 0.318. The molecule has 1 fully saturated rings. The molecule has 2 aromatic heterocycles. The Bertz CT molecular complexity index is 1580. The Morgan fingerprint density at radius 1 is 1.00 bits per heavy atom. The summed E-state index contributed by atoms with van der Waals surface area (Å²) in [6, 6.07) is 16.2. The van der Waals surface area contributed by atoms with Gasteiger partial charge in [-0.05, 0) is 52.9 Å². The number of rotatable bonds is 6. The number of fused-ring (bicyclic) bond motifs is 2. The number of nitrogens with zero attached hydrogens (tertiary/aromatic N) is 5. The van der Waals surface area contributed by atoms with Crippen LogP contribution in [0.1, 0.15) is 33.6 Å². The maximum atomic E-state index is 13.0. The van der Waals surface area contributed by atoms with E-state index in [-0.39, 0.29) is 12.5 Å². The molecule has 0 spiro atoms. The molecule has 2 aliphatic heterocycles. The van der Waals surface area contributed by atoms with Crippen LogP contribution in [0.3, 0.4) is 0 Å². The van der Waals surface area contributed by atoms with Gasteiger partial charge in [-0.15, -0.1) is 0 Å². The van der Waals surface area contributed by atoms with Gasteiger partial charge in [-0.1, -0.05) is 41.9 Å². The van der Waals surface area contributed by atoms with Gasteiger partial charge < -0.3 is 10.2 Å². The first-order valence-electron chi connectivity index (χ1n) is 12.7. The van der Waals surface area contributed by atoms with E-state index in [4.69, 9.17) is 16.6 Å². The van der Waals surface area contributed by atoms with Crippen molar-refractivity contribution in [2.75, 3.05) is 31.5 Å². The molecule has 0 aliphatic carbocycles. The summed E-state index contributed by atoms with van der Waals surface area (Å²) in [7, 11) is 0.